The van der Waals surface area contributed by atoms with Gasteiger partial charge in [-0.1, -0.05) is 146 Å². The number of hydrogen-bond donors (Lipinski definition) is 0. The van der Waals surface area contributed by atoms with Crippen LogP contribution < -0.4 is 4.90 Å². The third-order valence-electron chi connectivity index (χ3n) is 11.0. The van der Waals surface area contributed by atoms with Crippen LogP contribution in [0.2, 0.25) is 0 Å². The van der Waals surface area contributed by atoms with E-state index in [1.807, 2.05) is 0 Å². The van der Waals surface area contributed by atoms with Gasteiger partial charge in [-0.15, -0.1) is 0 Å². The minimum atomic E-state index is 0.886. The highest BCUT2D eigenvalue weighted by Crippen LogP contribution is 2.42. The topological polar surface area (TPSA) is 16.4 Å². The second kappa shape index (κ2) is 12.2. The molecule has 2 heteroatoms. The lowest BCUT2D eigenvalue weighted by molar-refractivity contribution is 0.672. The molecular formula is C52H33NO. The molecule has 0 atom stereocenters. The van der Waals surface area contributed by atoms with Crippen molar-refractivity contribution in [1.82, 2.24) is 0 Å². The maximum atomic E-state index is 6.50. The fourth-order valence-corrected chi connectivity index (χ4v) is 8.33. The Hall–Kier alpha value is -7.16. The summed E-state index contributed by atoms with van der Waals surface area (Å²) in [6.07, 6.45) is 0. The first-order valence-corrected chi connectivity index (χ1v) is 18.5. The summed E-state index contributed by atoms with van der Waals surface area (Å²) in [5.41, 5.74) is 9.84. The summed E-state index contributed by atoms with van der Waals surface area (Å²) in [7, 11) is 0. The number of rotatable bonds is 5. The fourth-order valence-electron chi connectivity index (χ4n) is 8.33. The van der Waals surface area contributed by atoms with Crippen molar-refractivity contribution >= 4 is 82.1 Å². The highest BCUT2D eigenvalue weighted by Gasteiger charge is 2.17. The molecule has 0 unspecified atom stereocenters. The summed E-state index contributed by atoms with van der Waals surface area (Å²) >= 11 is 0. The van der Waals surface area contributed by atoms with E-state index in [0.717, 1.165) is 44.4 Å². The van der Waals surface area contributed by atoms with Crippen LogP contribution in [0.15, 0.2) is 205 Å². The predicted molar refractivity (Wildman–Crippen MR) is 229 cm³/mol. The van der Waals surface area contributed by atoms with E-state index in [1.165, 1.54) is 60.0 Å². The highest BCUT2D eigenvalue weighted by atomic mass is 16.3. The van der Waals surface area contributed by atoms with Crippen molar-refractivity contribution in [3.05, 3.63) is 200 Å². The summed E-state index contributed by atoms with van der Waals surface area (Å²) in [5, 5.41) is 12.2. The molecule has 0 aliphatic rings. The van der Waals surface area contributed by atoms with E-state index in [4.69, 9.17) is 4.42 Å². The summed E-state index contributed by atoms with van der Waals surface area (Å²) in [5.74, 6) is 0. The molecule has 0 saturated heterocycles. The SMILES string of the molecule is c1ccc(-c2ccc(N(c3ccc(-c4ccc5c(ccc6ccc7ccccc7c65)c4)cc3)c3ccc4oc5c6ccccc6ccc5c4c3)cc2)cc1. The quantitative estimate of drug-likeness (QED) is 0.168. The summed E-state index contributed by atoms with van der Waals surface area (Å²) < 4.78 is 6.50. The molecule has 1 heterocycles. The fraction of sp³-hybridized carbons (Fsp3) is 0. The Morgan fingerprint density at radius 1 is 0.296 bits per heavy atom. The molecule has 2 nitrogen and oxygen atoms in total. The minimum absolute atomic E-state index is 0.886. The lowest BCUT2D eigenvalue weighted by Gasteiger charge is -2.26. The molecule has 0 aliphatic carbocycles. The Labute approximate surface area is 312 Å². The van der Waals surface area contributed by atoms with E-state index >= 15 is 0 Å². The third kappa shape index (κ3) is 4.96. The average molecular weight is 688 g/mol. The molecule has 0 aliphatic heterocycles. The largest absolute Gasteiger partial charge is 0.455 e. The molecule has 1 aromatic heterocycles. The lowest BCUT2D eigenvalue weighted by Crippen LogP contribution is -2.09. The molecule has 0 amide bonds. The van der Waals surface area contributed by atoms with Crippen molar-refractivity contribution < 1.29 is 4.42 Å². The Morgan fingerprint density at radius 3 is 1.57 bits per heavy atom. The maximum Gasteiger partial charge on any atom is 0.143 e. The molecule has 0 N–H and O–H groups in total. The number of benzene rings is 10. The van der Waals surface area contributed by atoms with Gasteiger partial charge in [-0.2, -0.15) is 0 Å². The average Bonchev–Trinajstić information content (AvgIpc) is 3.63. The van der Waals surface area contributed by atoms with Crippen molar-refractivity contribution in [2.24, 2.45) is 0 Å². The number of fused-ring (bicyclic) bond motifs is 10. The van der Waals surface area contributed by atoms with Gasteiger partial charge >= 0.3 is 0 Å². The van der Waals surface area contributed by atoms with Gasteiger partial charge in [-0.25, -0.2) is 0 Å². The lowest BCUT2D eigenvalue weighted by atomic mass is 9.94. The molecule has 54 heavy (non-hydrogen) atoms. The van der Waals surface area contributed by atoms with Crippen LogP contribution in [0.4, 0.5) is 17.1 Å². The standard InChI is InChI=1S/C52H33NO/c1-2-8-34(9-3-1)35-18-24-42(25-19-35)53(44-28-31-50-49(33-44)48-30-22-38-11-5-7-13-47(38)52(48)54-50)43-26-20-36(21-27-43)40-23-29-46-41(32-40)17-16-39-15-14-37-10-4-6-12-45(37)51(39)46/h1-33H. The molecule has 0 fully saturated rings. The molecule has 11 rings (SSSR count). The van der Waals surface area contributed by atoms with Gasteiger partial charge in [0.1, 0.15) is 11.2 Å². The molecular weight excluding hydrogens is 655 g/mol. The van der Waals surface area contributed by atoms with Crippen LogP contribution in [0.25, 0.3) is 87.3 Å². The Kier molecular flexibility index (Phi) is 6.90. The van der Waals surface area contributed by atoms with Crippen LogP contribution in [0.1, 0.15) is 0 Å². The number of nitrogens with zero attached hydrogens (tertiary/aromatic N) is 1. The van der Waals surface area contributed by atoms with E-state index in [9.17, 15) is 0 Å². The number of furan rings is 1. The highest BCUT2D eigenvalue weighted by molar-refractivity contribution is 6.20. The van der Waals surface area contributed by atoms with Crippen molar-refractivity contribution in [1.29, 1.82) is 0 Å². The Bertz CT molecular complexity index is 3190. The number of anilines is 3. The van der Waals surface area contributed by atoms with Gasteiger partial charge in [-0.05, 0) is 115 Å². The van der Waals surface area contributed by atoms with Crippen LogP contribution >= 0.6 is 0 Å². The summed E-state index contributed by atoms with van der Waals surface area (Å²) in [6, 6.07) is 72.3. The monoisotopic (exact) mass is 687 g/mol. The van der Waals surface area contributed by atoms with Gasteiger partial charge in [0.2, 0.25) is 0 Å². The molecule has 0 saturated carbocycles. The van der Waals surface area contributed by atoms with Gasteiger partial charge in [0.15, 0.2) is 0 Å². The normalized spacial score (nSPS) is 11.7. The molecule has 10 aromatic carbocycles. The Balaban J connectivity index is 1.02. The first kappa shape index (κ1) is 30.5. The van der Waals surface area contributed by atoms with E-state index in [2.05, 4.69) is 205 Å². The summed E-state index contributed by atoms with van der Waals surface area (Å²) in [6.45, 7) is 0. The van der Waals surface area contributed by atoms with Crippen molar-refractivity contribution in [3.8, 4) is 22.3 Å². The van der Waals surface area contributed by atoms with E-state index in [0.29, 0.717) is 0 Å². The molecule has 0 bridgehead atoms. The third-order valence-corrected chi connectivity index (χ3v) is 11.0. The summed E-state index contributed by atoms with van der Waals surface area (Å²) in [4.78, 5) is 2.34. The van der Waals surface area contributed by atoms with Crippen LogP contribution in [0.5, 0.6) is 0 Å². The molecule has 0 radical (unpaired) electrons. The maximum absolute atomic E-state index is 6.50. The van der Waals surface area contributed by atoms with Gasteiger partial charge in [0.05, 0.1) is 0 Å². The van der Waals surface area contributed by atoms with Gasteiger partial charge < -0.3 is 9.32 Å². The van der Waals surface area contributed by atoms with Gasteiger partial charge in [0, 0.05) is 33.2 Å². The van der Waals surface area contributed by atoms with Gasteiger partial charge in [-0.3, -0.25) is 0 Å². The first-order valence-electron chi connectivity index (χ1n) is 18.5. The second-order valence-corrected chi connectivity index (χ2v) is 14.1. The number of hydrogen-bond acceptors (Lipinski definition) is 2. The van der Waals surface area contributed by atoms with Crippen molar-refractivity contribution in [2.45, 2.75) is 0 Å². The Morgan fingerprint density at radius 2 is 0.815 bits per heavy atom. The molecule has 0 spiro atoms. The van der Waals surface area contributed by atoms with Crippen LogP contribution in [-0.2, 0) is 0 Å². The molecule has 252 valence electrons. The van der Waals surface area contributed by atoms with Gasteiger partial charge in [0.25, 0.3) is 0 Å². The zero-order valence-corrected chi connectivity index (χ0v) is 29.4. The smallest absolute Gasteiger partial charge is 0.143 e. The van der Waals surface area contributed by atoms with Crippen LogP contribution in [0.3, 0.4) is 0 Å². The van der Waals surface area contributed by atoms with Crippen LogP contribution in [0, 0.1) is 0 Å². The van der Waals surface area contributed by atoms with Crippen LogP contribution in [-0.4, -0.2) is 0 Å². The first-order chi connectivity index (χ1) is 26.7. The second-order valence-electron chi connectivity index (χ2n) is 14.1. The van der Waals surface area contributed by atoms with E-state index in [-0.39, 0.29) is 0 Å². The minimum Gasteiger partial charge on any atom is -0.455 e. The van der Waals surface area contributed by atoms with Crippen molar-refractivity contribution in [3.63, 3.8) is 0 Å². The predicted octanol–water partition coefficient (Wildman–Crippen LogP) is 15.0. The van der Waals surface area contributed by atoms with E-state index in [1.54, 1.807) is 0 Å². The zero-order valence-electron chi connectivity index (χ0n) is 29.4. The molecule has 11 aromatic rings. The zero-order chi connectivity index (χ0) is 35.6. The van der Waals surface area contributed by atoms with Crippen molar-refractivity contribution in [2.75, 3.05) is 4.90 Å². The van der Waals surface area contributed by atoms with E-state index < -0.39 is 0 Å².